The van der Waals surface area contributed by atoms with Gasteiger partial charge in [0.05, 0.1) is 6.04 Å². The number of likely N-dealkylation sites (tertiary alicyclic amines) is 1. The summed E-state index contributed by atoms with van der Waals surface area (Å²) < 4.78 is 5.30. The smallest absolute Gasteiger partial charge is 0.243 e. The second-order valence-corrected chi connectivity index (χ2v) is 5.15. The van der Waals surface area contributed by atoms with Crippen molar-refractivity contribution < 1.29 is 9.63 Å². The van der Waals surface area contributed by atoms with Crippen LogP contribution in [-0.2, 0) is 0 Å². The predicted octanol–water partition coefficient (Wildman–Crippen LogP) is 1.57. The molecule has 0 bridgehead atoms. The molecule has 5 heteroatoms. The summed E-state index contributed by atoms with van der Waals surface area (Å²) in [5.41, 5.74) is 0. The summed E-state index contributed by atoms with van der Waals surface area (Å²) in [5, 5.41) is 13.1. The molecule has 0 spiro atoms. The van der Waals surface area contributed by atoms with Gasteiger partial charge in [0.25, 0.3) is 0 Å². The van der Waals surface area contributed by atoms with E-state index in [0.29, 0.717) is 17.7 Å². The molecular weight excluding hydrogens is 218 g/mol. The molecule has 0 aliphatic carbocycles. The molecular formula is C12H21N3O2. The van der Waals surface area contributed by atoms with E-state index in [1.165, 1.54) is 0 Å². The highest BCUT2D eigenvalue weighted by molar-refractivity contribution is 4.96. The maximum atomic E-state index is 9.13. The van der Waals surface area contributed by atoms with Crippen molar-refractivity contribution >= 4 is 0 Å². The highest BCUT2D eigenvalue weighted by Gasteiger charge is 2.29. The molecule has 1 aromatic heterocycles. The zero-order chi connectivity index (χ0) is 12.4. The van der Waals surface area contributed by atoms with E-state index in [1.54, 1.807) is 0 Å². The van der Waals surface area contributed by atoms with Gasteiger partial charge < -0.3 is 9.63 Å². The molecule has 1 aliphatic rings. The topological polar surface area (TPSA) is 62.4 Å². The van der Waals surface area contributed by atoms with E-state index in [4.69, 9.17) is 9.63 Å². The van der Waals surface area contributed by atoms with Crippen LogP contribution in [0.5, 0.6) is 0 Å². The van der Waals surface area contributed by atoms with E-state index in [2.05, 4.69) is 35.8 Å². The normalized spacial score (nSPS) is 23.5. The van der Waals surface area contributed by atoms with Crippen LogP contribution in [0.1, 0.15) is 50.9 Å². The molecule has 17 heavy (non-hydrogen) atoms. The lowest BCUT2D eigenvalue weighted by Crippen LogP contribution is -2.25. The van der Waals surface area contributed by atoms with E-state index in [-0.39, 0.29) is 12.6 Å². The molecule has 96 valence electrons. The first kappa shape index (κ1) is 12.5. The van der Waals surface area contributed by atoms with Gasteiger partial charge >= 0.3 is 0 Å². The van der Waals surface area contributed by atoms with Crippen LogP contribution in [0.4, 0.5) is 0 Å². The average Bonchev–Trinajstić information content (AvgIpc) is 2.97. The van der Waals surface area contributed by atoms with Crippen LogP contribution in [0.25, 0.3) is 0 Å². The largest absolute Gasteiger partial charge is 0.396 e. The number of nitrogens with zero attached hydrogens (tertiary/aromatic N) is 3. The molecule has 2 unspecified atom stereocenters. The summed E-state index contributed by atoms with van der Waals surface area (Å²) in [5.74, 6) is 2.14. The Bertz CT molecular complexity index is 364. The third-order valence-electron chi connectivity index (χ3n) is 3.45. The molecule has 0 aromatic carbocycles. The van der Waals surface area contributed by atoms with Crippen molar-refractivity contribution in [1.82, 2.24) is 15.0 Å². The lowest BCUT2D eigenvalue weighted by atomic mass is 10.1. The maximum Gasteiger partial charge on any atom is 0.243 e. The Hall–Kier alpha value is -0.940. The molecule has 0 radical (unpaired) electrons. The van der Waals surface area contributed by atoms with Crippen molar-refractivity contribution in [2.24, 2.45) is 5.92 Å². The Morgan fingerprint density at radius 2 is 2.24 bits per heavy atom. The molecule has 5 nitrogen and oxygen atoms in total. The Kier molecular flexibility index (Phi) is 3.79. The minimum atomic E-state index is 0.145. The van der Waals surface area contributed by atoms with Crippen molar-refractivity contribution in [1.29, 1.82) is 0 Å². The third kappa shape index (κ3) is 2.66. The number of aliphatic hydroxyl groups excluding tert-OH is 1. The van der Waals surface area contributed by atoms with E-state index < -0.39 is 0 Å². The van der Waals surface area contributed by atoms with E-state index in [0.717, 1.165) is 25.3 Å². The van der Waals surface area contributed by atoms with Gasteiger partial charge in [0, 0.05) is 19.1 Å². The molecule has 2 heterocycles. The first-order valence-corrected chi connectivity index (χ1v) is 6.30. The summed E-state index contributed by atoms with van der Waals surface area (Å²) in [4.78, 5) is 6.71. The summed E-state index contributed by atoms with van der Waals surface area (Å²) in [6, 6.07) is 0.145. The van der Waals surface area contributed by atoms with Crippen LogP contribution in [-0.4, -0.2) is 39.8 Å². The van der Waals surface area contributed by atoms with Gasteiger partial charge in [-0.3, -0.25) is 4.90 Å². The van der Waals surface area contributed by atoms with Crippen molar-refractivity contribution in [2.45, 2.75) is 39.2 Å². The Morgan fingerprint density at radius 1 is 1.47 bits per heavy atom. The zero-order valence-corrected chi connectivity index (χ0v) is 10.8. The van der Waals surface area contributed by atoms with Crippen molar-refractivity contribution in [3.05, 3.63) is 11.7 Å². The maximum absolute atomic E-state index is 9.13. The number of hydrogen-bond acceptors (Lipinski definition) is 5. The fourth-order valence-electron chi connectivity index (χ4n) is 2.17. The lowest BCUT2D eigenvalue weighted by Gasteiger charge is -2.20. The third-order valence-corrected chi connectivity index (χ3v) is 3.45. The SMILES string of the molecule is CC(C)c1noc(C(C)N2CCC(CO)C2)n1. The van der Waals surface area contributed by atoms with E-state index in [1.807, 2.05) is 0 Å². The summed E-state index contributed by atoms with van der Waals surface area (Å²) in [6.45, 7) is 8.36. The first-order valence-electron chi connectivity index (χ1n) is 6.30. The van der Waals surface area contributed by atoms with Gasteiger partial charge in [-0.15, -0.1) is 0 Å². The van der Waals surface area contributed by atoms with Crippen LogP contribution >= 0.6 is 0 Å². The molecule has 0 saturated carbocycles. The molecule has 1 aliphatic heterocycles. The van der Waals surface area contributed by atoms with Gasteiger partial charge in [0.1, 0.15) is 0 Å². The number of hydrogen-bond donors (Lipinski definition) is 1. The van der Waals surface area contributed by atoms with Crippen molar-refractivity contribution in [3.63, 3.8) is 0 Å². The second-order valence-electron chi connectivity index (χ2n) is 5.15. The van der Waals surface area contributed by atoms with Gasteiger partial charge in [-0.25, -0.2) is 0 Å². The van der Waals surface area contributed by atoms with Crippen LogP contribution in [0, 0.1) is 5.92 Å². The standard InChI is InChI=1S/C12H21N3O2/c1-8(2)11-13-12(17-14-11)9(3)15-5-4-10(6-15)7-16/h8-10,16H,4-7H2,1-3H3. The van der Waals surface area contributed by atoms with Crippen LogP contribution in [0.3, 0.4) is 0 Å². The molecule has 2 atom stereocenters. The average molecular weight is 239 g/mol. The highest BCUT2D eigenvalue weighted by atomic mass is 16.5. The van der Waals surface area contributed by atoms with Crippen LogP contribution in [0.15, 0.2) is 4.52 Å². The minimum Gasteiger partial charge on any atom is -0.396 e. The molecule has 0 amide bonds. The van der Waals surface area contributed by atoms with Gasteiger partial charge in [-0.1, -0.05) is 19.0 Å². The first-order chi connectivity index (χ1) is 8.11. The lowest BCUT2D eigenvalue weighted by molar-refractivity contribution is 0.182. The Morgan fingerprint density at radius 3 is 2.76 bits per heavy atom. The number of rotatable bonds is 4. The van der Waals surface area contributed by atoms with Crippen LogP contribution in [0.2, 0.25) is 0 Å². The Balaban J connectivity index is 2.01. The van der Waals surface area contributed by atoms with Gasteiger partial charge in [-0.05, 0) is 25.8 Å². The summed E-state index contributed by atoms with van der Waals surface area (Å²) in [6.07, 6.45) is 1.05. The van der Waals surface area contributed by atoms with Crippen molar-refractivity contribution in [2.75, 3.05) is 19.7 Å². The molecule has 1 saturated heterocycles. The number of aromatic nitrogens is 2. The second kappa shape index (κ2) is 5.14. The predicted molar refractivity (Wildman–Crippen MR) is 63.6 cm³/mol. The fraction of sp³-hybridized carbons (Fsp3) is 0.833. The van der Waals surface area contributed by atoms with Gasteiger partial charge in [0.15, 0.2) is 5.82 Å². The summed E-state index contributed by atoms with van der Waals surface area (Å²) in [7, 11) is 0. The quantitative estimate of drug-likeness (QED) is 0.864. The minimum absolute atomic E-state index is 0.145. The zero-order valence-electron chi connectivity index (χ0n) is 10.8. The van der Waals surface area contributed by atoms with E-state index >= 15 is 0 Å². The molecule has 1 aromatic rings. The number of aliphatic hydroxyl groups is 1. The van der Waals surface area contributed by atoms with Crippen LogP contribution < -0.4 is 0 Å². The molecule has 2 rings (SSSR count). The van der Waals surface area contributed by atoms with Crippen molar-refractivity contribution in [3.8, 4) is 0 Å². The Labute approximate surface area is 102 Å². The van der Waals surface area contributed by atoms with E-state index in [9.17, 15) is 0 Å². The van der Waals surface area contributed by atoms with Gasteiger partial charge in [0.2, 0.25) is 5.89 Å². The molecule has 1 fully saturated rings. The highest BCUT2D eigenvalue weighted by Crippen LogP contribution is 2.26. The summed E-state index contributed by atoms with van der Waals surface area (Å²) >= 11 is 0. The molecule has 1 N–H and O–H groups in total. The fourth-order valence-corrected chi connectivity index (χ4v) is 2.17. The van der Waals surface area contributed by atoms with Gasteiger partial charge in [-0.2, -0.15) is 4.98 Å². The monoisotopic (exact) mass is 239 g/mol.